The van der Waals surface area contributed by atoms with Crippen LogP contribution < -0.4 is 0 Å². The van der Waals surface area contributed by atoms with Gasteiger partial charge in [-0.05, 0) is 23.8 Å². The Morgan fingerprint density at radius 2 is 1.94 bits per heavy atom. The quantitative estimate of drug-likeness (QED) is 0.242. The third kappa shape index (κ3) is 4.64. The number of halogens is 1. The second kappa shape index (κ2) is 9.13. The van der Waals surface area contributed by atoms with Crippen molar-refractivity contribution in [1.82, 2.24) is 15.1 Å². The van der Waals surface area contributed by atoms with Crippen molar-refractivity contribution in [1.29, 1.82) is 0 Å². The molecule has 0 atom stereocenters. The number of nitro groups is 1. The summed E-state index contributed by atoms with van der Waals surface area (Å²) in [5.74, 6) is -1.03. The van der Waals surface area contributed by atoms with Gasteiger partial charge in [-0.2, -0.15) is 4.98 Å². The van der Waals surface area contributed by atoms with Crippen LogP contribution in [0.4, 0.5) is 10.1 Å². The van der Waals surface area contributed by atoms with E-state index < -0.39 is 16.6 Å². The van der Waals surface area contributed by atoms with Crippen LogP contribution in [0.1, 0.15) is 27.6 Å². The number of esters is 1. The number of pyridine rings is 1. The minimum atomic E-state index is -0.929. The van der Waals surface area contributed by atoms with Gasteiger partial charge in [0.05, 0.1) is 4.92 Å². The van der Waals surface area contributed by atoms with Gasteiger partial charge in [-0.1, -0.05) is 47.6 Å². The summed E-state index contributed by atoms with van der Waals surface area (Å²) in [6.45, 7) is -0.380. The third-order valence-corrected chi connectivity index (χ3v) is 4.46. The molecule has 0 radical (unpaired) electrons. The van der Waals surface area contributed by atoms with E-state index in [4.69, 9.17) is 9.26 Å². The molecule has 10 heteroatoms. The van der Waals surface area contributed by atoms with E-state index >= 15 is 0 Å². The van der Waals surface area contributed by atoms with E-state index in [0.29, 0.717) is 11.1 Å². The third-order valence-electron chi connectivity index (χ3n) is 4.46. The van der Waals surface area contributed by atoms with Crippen molar-refractivity contribution in [3.63, 3.8) is 0 Å². The molecule has 0 spiro atoms. The molecule has 9 nitrogen and oxygen atoms in total. The van der Waals surface area contributed by atoms with E-state index in [0.717, 1.165) is 0 Å². The highest BCUT2D eigenvalue weighted by atomic mass is 19.1. The standard InChI is InChI=1S/C22H15FN4O5/c23-16-8-4-5-14(11-16)12-18-25-19(32-26-18)13-31-22(28)17-9-10-24-20(21(17)27(29)30)15-6-2-1-3-7-15/h1-11H,12-13H2. The van der Waals surface area contributed by atoms with Gasteiger partial charge in [0.15, 0.2) is 12.4 Å². The fraction of sp³-hybridized carbons (Fsp3) is 0.0909. The monoisotopic (exact) mass is 434 g/mol. The molecule has 2 aromatic carbocycles. The predicted octanol–water partition coefficient (Wildman–Crippen LogP) is 4.13. The van der Waals surface area contributed by atoms with E-state index in [-0.39, 0.29) is 41.8 Å². The maximum atomic E-state index is 13.3. The lowest BCUT2D eigenvalue weighted by Gasteiger charge is -2.07. The van der Waals surface area contributed by atoms with Crippen LogP contribution in [-0.4, -0.2) is 26.0 Å². The fourth-order valence-corrected chi connectivity index (χ4v) is 3.07. The lowest BCUT2D eigenvalue weighted by molar-refractivity contribution is -0.384. The summed E-state index contributed by atoms with van der Waals surface area (Å²) in [5, 5.41) is 15.5. The van der Waals surface area contributed by atoms with E-state index in [1.54, 1.807) is 42.5 Å². The van der Waals surface area contributed by atoms with Crippen LogP contribution >= 0.6 is 0 Å². The topological polar surface area (TPSA) is 121 Å². The van der Waals surface area contributed by atoms with Crippen LogP contribution in [0, 0.1) is 15.9 Å². The van der Waals surface area contributed by atoms with Gasteiger partial charge in [-0.15, -0.1) is 0 Å². The van der Waals surface area contributed by atoms with Gasteiger partial charge in [0.1, 0.15) is 17.1 Å². The number of carbonyl (C=O) groups is 1. The normalized spacial score (nSPS) is 10.7. The second-order valence-electron chi connectivity index (χ2n) is 6.67. The molecular weight excluding hydrogens is 419 g/mol. The van der Waals surface area contributed by atoms with Gasteiger partial charge in [-0.3, -0.25) is 10.1 Å². The SMILES string of the molecule is O=C(OCc1nc(Cc2cccc(F)c2)no1)c1ccnc(-c2ccccc2)c1[N+](=O)[O-]. The maximum absolute atomic E-state index is 13.3. The largest absolute Gasteiger partial charge is 0.452 e. The van der Waals surface area contributed by atoms with Crippen molar-refractivity contribution >= 4 is 11.7 Å². The average molecular weight is 434 g/mol. The number of hydrogen-bond donors (Lipinski definition) is 0. The van der Waals surface area contributed by atoms with Crippen molar-refractivity contribution in [3.05, 3.63) is 106 Å². The number of rotatable bonds is 7. The molecule has 160 valence electrons. The van der Waals surface area contributed by atoms with Crippen LogP contribution in [-0.2, 0) is 17.8 Å². The number of benzene rings is 2. The van der Waals surface area contributed by atoms with Crippen molar-refractivity contribution in [2.45, 2.75) is 13.0 Å². The molecule has 2 aromatic heterocycles. The molecule has 0 saturated heterocycles. The number of aromatic nitrogens is 3. The molecule has 0 aliphatic rings. The highest BCUT2D eigenvalue weighted by Crippen LogP contribution is 2.31. The Balaban J connectivity index is 1.49. The van der Waals surface area contributed by atoms with E-state index in [2.05, 4.69) is 15.1 Å². The van der Waals surface area contributed by atoms with E-state index in [9.17, 15) is 19.3 Å². The van der Waals surface area contributed by atoms with Crippen molar-refractivity contribution < 1.29 is 23.4 Å². The first-order chi connectivity index (χ1) is 15.5. The Morgan fingerprint density at radius 3 is 2.69 bits per heavy atom. The van der Waals surface area contributed by atoms with Crippen molar-refractivity contribution in [3.8, 4) is 11.3 Å². The van der Waals surface area contributed by atoms with E-state index in [1.165, 1.54) is 24.4 Å². The van der Waals surface area contributed by atoms with Gasteiger partial charge in [-0.25, -0.2) is 14.2 Å². The molecule has 2 heterocycles. The summed E-state index contributed by atoms with van der Waals surface area (Å²) in [6.07, 6.45) is 1.53. The molecular formula is C22H15FN4O5. The molecule has 0 fully saturated rings. The maximum Gasteiger partial charge on any atom is 0.345 e. The fourth-order valence-electron chi connectivity index (χ4n) is 3.07. The zero-order valence-electron chi connectivity index (χ0n) is 16.5. The van der Waals surface area contributed by atoms with Gasteiger partial charge >= 0.3 is 11.7 Å². The van der Waals surface area contributed by atoms with Crippen LogP contribution in [0.5, 0.6) is 0 Å². The zero-order valence-corrected chi connectivity index (χ0v) is 16.5. The van der Waals surface area contributed by atoms with Gasteiger partial charge < -0.3 is 9.26 Å². The highest BCUT2D eigenvalue weighted by molar-refractivity contribution is 5.96. The van der Waals surface area contributed by atoms with Crippen LogP contribution in [0.25, 0.3) is 11.3 Å². The smallest absolute Gasteiger partial charge is 0.345 e. The lowest BCUT2D eigenvalue weighted by Crippen LogP contribution is -2.10. The van der Waals surface area contributed by atoms with Crippen molar-refractivity contribution in [2.24, 2.45) is 0 Å². The summed E-state index contributed by atoms with van der Waals surface area (Å²) < 4.78 is 23.5. The summed E-state index contributed by atoms with van der Waals surface area (Å²) in [4.78, 5) is 31.8. The Hall–Kier alpha value is -4.47. The minimum absolute atomic E-state index is 0.00439. The molecule has 0 saturated carbocycles. The molecule has 0 unspecified atom stereocenters. The van der Waals surface area contributed by atoms with Crippen LogP contribution in [0.15, 0.2) is 71.4 Å². The number of ether oxygens (including phenoxy) is 1. The number of hydrogen-bond acceptors (Lipinski definition) is 8. The number of carbonyl (C=O) groups excluding carboxylic acids is 1. The lowest BCUT2D eigenvalue weighted by atomic mass is 10.1. The molecule has 0 N–H and O–H groups in total. The van der Waals surface area contributed by atoms with Gasteiger partial charge in [0.25, 0.3) is 5.89 Å². The Kier molecular flexibility index (Phi) is 5.93. The first-order valence-corrected chi connectivity index (χ1v) is 9.43. The minimum Gasteiger partial charge on any atom is -0.452 e. The molecule has 0 aliphatic carbocycles. The zero-order chi connectivity index (χ0) is 22.5. The molecule has 0 bridgehead atoms. The molecule has 0 amide bonds. The molecule has 0 aliphatic heterocycles. The summed E-state index contributed by atoms with van der Waals surface area (Å²) >= 11 is 0. The summed E-state index contributed by atoms with van der Waals surface area (Å²) in [5.41, 5.74) is 0.493. The summed E-state index contributed by atoms with van der Waals surface area (Å²) in [6, 6.07) is 15.7. The Morgan fingerprint density at radius 1 is 1.12 bits per heavy atom. The van der Waals surface area contributed by atoms with Gasteiger partial charge in [0, 0.05) is 18.2 Å². The average Bonchev–Trinajstić information content (AvgIpc) is 3.24. The molecule has 32 heavy (non-hydrogen) atoms. The van der Waals surface area contributed by atoms with Crippen LogP contribution in [0.3, 0.4) is 0 Å². The van der Waals surface area contributed by atoms with Crippen LogP contribution in [0.2, 0.25) is 0 Å². The molecule has 4 aromatic rings. The predicted molar refractivity (Wildman–Crippen MR) is 109 cm³/mol. The van der Waals surface area contributed by atoms with Gasteiger partial charge in [0.2, 0.25) is 0 Å². The summed E-state index contributed by atoms with van der Waals surface area (Å²) in [7, 11) is 0. The Bertz CT molecular complexity index is 1280. The van der Waals surface area contributed by atoms with E-state index in [1.807, 2.05) is 0 Å². The molecule has 4 rings (SSSR count). The Labute approximate surface area is 180 Å². The first kappa shape index (κ1) is 20.8. The number of nitrogens with zero attached hydrogens (tertiary/aromatic N) is 4. The first-order valence-electron chi connectivity index (χ1n) is 9.43. The second-order valence-corrected chi connectivity index (χ2v) is 6.67. The van der Waals surface area contributed by atoms with Crippen molar-refractivity contribution in [2.75, 3.05) is 0 Å². The highest BCUT2D eigenvalue weighted by Gasteiger charge is 2.28.